The molecule has 12 nitrogen and oxygen atoms in total. The van der Waals surface area contributed by atoms with E-state index in [1.807, 2.05) is 6.92 Å². The minimum atomic E-state index is -3.58. The lowest BCUT2D eigenvalue weighted by Crippen LogP contribution is -2.63. The molecule has 1 saturated heterocycles. The number of rotatable bonds is 15. The Morgan fingerprint density at radius 2 is 1.67 bits per heavy atom. The number of terminal acetylenes is 1. The molecule has 1 aliphatic heterocycles. The molecule has 2 rings (SSSR count). The summed E-state index contributed by atoms with van der Waals surface area (Å²) in [5.41, 5.74) is -1.79. The van der Waals surface area contributed by atoms with Crippen LogP contribution >= 0.6 is 0 Å². The molecule has 0 aromatic heterocycles. The van der Waals surface area contributed by atoms with Crippen LogP contribution in [0.2, 0.25) is 0 Å². The Morgan fingerprint density at radius 3 is 2.20 bits per heavy atom. The Bertz CT molecular complexity index is 1370. The molecular weight excluding hydrogens is 646 g/mol. The van der Waals surface area contributed by atoms with Gasteiger partial charge in [0.25, 0.3) is 5.91 Å². The van der Waals surface area contributed by atoms with E-state index in [1.54, 1.807) is 41.5 Å². The molecule has 0 radical (unpaired) electrons. The number of amides is 5. The summed E-state index contributed by atoms with van der Waals surface area (Å²) in [6.07, 6.45) is 12.6. The average Bonchev–Trinajstić information content (AvgIpc) is 3.43. The number of ketones is 1. The molecule has 4 N–H and O–H groups in total. The highest BCUT2D eigenvalue weighted by Gasteiger charge is 2.47. The number of hydrogen-bond donors (Lipinski definition) is 4. The molecule has 276 valence electrons. The molecule has 1 saturated carbocycles. The lowest BCUT2D eigenvalue weighted by molar-refractivity contribution is -0.143. The highest BCUT2D eigenvalue weighted by atomic mass is 32.2. The summed E-state index contributed by atoms with van der Waals surface area (Å²) in [6.45, 7) is 16.0. The number of nitrogens with zero attached hydrogens (tertiary/aromatic N) is 1. The van der Waals surface area contributed by atoms with Crippen molar-refractivity contribution in [3.05, 3.63) is 12.7 Å². The summed E-state index contributed by atoms with van der Waals surface area (Å²) in [5, 5.41) is 11.0. The SMILES string of the molecule is C#CC[C@@H]1C[C@@H](C(=O)NC(CCCC)C(=O)C(=O)NCC=C)N(C(=O)[C@@H](NC(=O)NC2(CS(=O)(=O)C(C)(C)C)CCCCC2)C(C)(C)C)C1. The van der Waals surface area contributed by atoms with E-state index in [4.69, 9.17) is 6.42 Å². The molecule has 13 heteroatoms. The van der Waals surface area contributed by atoms with Crippen molar-refractivity contribution in [3.63, 3.8) is 0 Å². The number of carbonyl (C=O) groups is 5. The second-order valence-electron chi connectivity index (χ2n) is 15.7. The fourth-order valence-corrected chi connectivity index (χ4v) is 7.94. The molecule has 4 atom stereocenters. The number of carbonyl (C=O) groups excluding carboxylic acids is 5. The largest absolute Gasteiger partial charge is 0.346 e. The maximum Gasteiger partial charge on any atom is 0.315 e. The standard InChI is InChI=1S/C36H59N5O7S/c1-10-13-18-26(28(42)31(44)37-21-12-3)38-30(43)27-22-25(17-11-2)23-41(27)32(45)29(34(4,5)6)39-33(46)40-36(19-15-14-16-20-36)24-49(47,48)35(7,8)9/h2,12,25-27,29H,3,10,13-24H2,1,4-9H3,(H,37,44)(H,38,43)(H2,39,40,46)/t25-,26?,27+,29-/m1/s1. The number of hydrogen-bond acceptors (Lipinski definition) is 7. The molecule has 49 heavy (non-hydrogen) atoms. The molecule has 2 fully saturated rings. The Labute approximate surface area is 293 Å². The van der Waals surface area contributed by atoms with Crippen LogP contribution in [0.15, 0.2) is 12.7 Å². The van der Waals surface area contributed by atoms with Gasteiger partial charge in [-0.05, 0) is 57.8 Å². The number of Topliss-reactive ketones (excluding diaryl/α,β-unsaturated/α-hetero) is 1. The Balaban J connectivity index is 2.37. The van der Waals surface area contributed by atoms with Crippen molar-refractivity contribution >= 4 is 39.4 Å². The van der Waals surface area contributed by atoms with Gasteiger partial charge in [0.2, 0.25) is 17.6 Å². The maximum atomic E-state index is 14.4. The molecular formula is C36H59N5O7S. The minimum Gasteiger partial charge on any atom is -0.346 e. The monoisotopic (exact) mass is 705 g/mol. The first-order chi connectivity index (χ1) is 22.7. The topological polar surface area (TPSA) is 171 Å². The smallest absolute Gasteiger partial charge is 0.315 e. The summed E-state index contributed by atoms with van der Waals surface area (Å²) >= 11 is 0. The van der Waals surface area contributed by atoms with Gasteiger partial charge in [0.05, 0.1) is 22.1 Å². The first kappa shape index (κ1) is 41.8. The maximum absolute atomic E-state index is 14.4. The third-order valence-corrected chi connectivity index (χ3v) is 12.3. The van der Waals surface area contributed by atoms with Gasteiger partial charge in [0.15, 0.2) is 9.84 Å². The summed E-state index contributed by atoms with van der Waals surface area (Å²) in [6, 6.07) is -3.82. The normalized spacial score (nSPS) is 20.7. The van der Waals surface area contributed by atoms with Crippen molar-refractivity contribution in [2.45, 2.75) is 141 Å². The summed E-state index contributed by atoms with van der Waals surface area (Å²) in [4.78, 5) is 68.8. The van der Waals surface area contributed by atoms with Crippen molar-refractivity contribution in [2.75, 3.05) is 18.8 Å². The van der Waals surface area contributed by atoms with Crippen molar-refractivity contribution < 1.29 is 32.4 Å². The molecule has 0 aromatic rings. The molecule has 0 aromatic carbocycles. The molecule has 1 unspecified atom stereocenters. The van der Waals surface area contributed by atoms with Crippen molar-refractivity contribution in [2.24, 2.45) is 11.3 Å². The molecule has 1 heterocycles. The third-order valence-electron chi connectivity index (χ3n) is 9.47. The zero-order chi connectivity index (χ0) is 37.2. The molecule has 2 aliphatic rings. The van der Waals surface area contributed by atoms with Crippen LogP contribution in [0, 0.1) is 23.7 Å². The summed E-state index contributed by atoms with van der Waals surface area (Å²) in [5.74, 6) is -0.498. The fraction of sp³-hybridized carbons (Fsp3) is 0.750. The molecule has 1 aliphatic carbocycles. The van der Waals surface area contributed by atoms with Crippen molar-refractivity contribution in [3.8, 4) is 12.3 Å². The van der Waals surface area contributed by atoms with Gasteiger partial charge in [-0.3, -0.25) is 19.2 Å². The van der Waals surface area contributed by atoms with Gasteiger partial charge in [0, 0.05) is 19.5 Å². The van der Waals surface area contributed by atoms with Crippen LogP contribution in [0.5, 0.6) is 0 Å². The minimum absolute atomic E-state index is 0.0972. The number of unbranched alkanes of at least 4 members (excludes halogenated alkanes) is 1. The first-order valence-electron chi connectivity index (χ1n) is 17.5. The van der Waals surface area contributed by atoms with Crippen molar-refractivity contribution in [1.82, 2.24) is 26.2 Å². The van der Waals surface area contributed by atoms with Crippen LogP contribution in [0.25, 0.3) is 0 Å². The summed E-state index contributed by atoms with van der Waals surface area (Å²) in [7, 11) is -3.58. The van der Waals surface area contributed by atoms with Gasteiger partial charge in [-0.2, -0.15) is 0 Å². The second kappa shape index (κ2) is 17.5. The quantitative estimate of drug-likeness (QED) is 0.115. The van der Waals surface area contributed by atoms with Gasteiger partial charge < -0.3 is 26.2 Å². The van der Waals surface area contributed by atoms with Gasteiger partial charge in [-0.25, -0.2) is 13.2 Å². The second-order valence-corrected chi connectivity index (χ2v) is 18.4. The van der Waals surface area contributed by atoms with Crippen LogP contribution < -0.4 is 21.3 Å². The van der Waals surface area contributed by atoms with Gasteiger partial charge in [-0.1, -0.05) is 65.9 Å². The highest BCUT2D eigenvalue weighted by Crippen LogP contribution is 2.33. The van der Waals surface area contributed by atoms with E-state index in [2.05, 4.69) is 33.8 Å². The zero-order valence-electron chi connectivity index (χ0n) is 30.6. The number of likely N-dealkylation sites (tertiary alicyclic amines) is 1. The van der Waals surface area contributed by atoms with E-state index in [0.717, 1.165) is 25.7 Å². The van der Waals surface area contributed by atoms with E-state index in [-0.39, 0.29) is 37.6 Å². The average molecular weight is 706 g/mol. The molecule has 0 spiro atoms. The van der Waals surface area contributed by atoms with E-state index in [9.17, 15) is 32.4 Å². The Morgan fingerprint density at radius 1 is 1.04 bits per heavy atom. The van der Waals surface area contributed by atoms with Gasteiger partial charge >= 0.3 is 6.03 Å². The van der Waals surface area contributed by atoms with Crippen LogP contribution in [0.3, 0.4) is 0 Å². The van der Waals surface area contributed by atoms with Crippen LogP contribution in [0.1, 0.15) is 113 Å². The van der Waals surface area contributed by atoms with Gasteiger partial charge in [0.1, 0.15) is 12.1 Å². The third kappa shape index (κ3) is 11.6. The van der Waals surface area contributed by atoms with E-state index in [1.165, 1.54) is 11.0 Å². The Kier molecular flexibility index (Phi) is 14.9. The highest BCUT2D eigenvalue weighted by molar-refractivity contribution is 7.92. The Hall–Kier alpha value is -3.40. The zero-order valence-corrected chi connectivity index (χ0v) is 31.4. The van der Waals surface area contributed by atoms with E-state index < -0.39 is 73.2 Å². The lowest BCUT2D eigenvalue weighted by Gasteiger charge is -2.41. The molecule has 0 bridgehead atoms. The van der Waals surface area contributed by atoms with Crippen LogP contribution in [-0.4, -0.2) is 90.1 Å². The van der Waals surface area contributed by atoms with E-state index in [0.29, 0.717) is 25.7 Å². The van der Waals surface area contributed by atoms with E-state index >= 15 is 0 Å². The predicted octanol–water partition coefficient (Wildman–Crippen LogP) is 3.40. The molecule has 5 amide bonds. The van der Waals surface area contributed by atoms with Crippen LogP contribution in [-0.2, 0) is 29.0 Å². The first-order valence-corrected chi connectivity index (χ1v) is 19.2. The lowest BCUT2D eigenvalue weighted by atomic mass is 9.83. The van der Waals surface area contributed by atoms with Crippen molar-refractivity contribution in [1.29, 1.82) is 0 Å². The number of urea groups is 1. The van der Waals surface area contributed by atoms with Gasteiger partial charge in [-0.15, -0.1) is 18.9 Å². The van der Waals surface area contributed by atoms with Crippen LogP contribution in [0.4, 0.5) is 4.79 Å². The number of sulfone groups is 1. The predicted molar refractivity (Wildman–Crippen MR) is 191 cm³/mol. The fourth-order valence-electron chi connectivity index (χ4n) is 6.42. The number of nitrogens with one attached hydrogen (secondary N) is 4. The summed E-state index contributed by atoms with van der Waals surface area (Å²) < 4.78 is 25.6.